The Morgan fingerprint density at radius 1 is 0.690 bits per heavy atom. The average molecular weight is 389 g/mol. The van der Waals surface area contributed by atoms with Gasteiger partial charge in [-0.05, 0) is 64.2 Å². The maximum absolute atomic E-state index is 5.74. The average Bonchev–Trinajstić information content (AvgIpc) is 3.05. The van der Waals surface area contributed by atoms with Gasteiger partial charge in [-0.3, -0.25) is 0 Å². The summed E-state index contributed by atoms with van der Waals surface area (Å²) in [6.07, 6.45) is 0. The molecule has 29 heavy (non-hydrogen) atoms. The fourth-order valence-electron chi connectivity index (χ4n) is 4.21. The lowest BCUT2D eigenvalue weighted by atomic mass is 9.89. The number of hydrogen-bond donors (Lipinski definition) is 0. The quantitative estimate of drug-likeness (QED) is 0.480. The van der Waals surface area contributed by atoms with Crippen molar-refractivity contribution in [3.63, 3.8) is 0 Å². The summed E-state index contributed by atoms with van der Waals surface area (Å²) in [6, 6.07) is 19.6. The molecule has 3 aromatic carbocycles. The van der Waals surface area contributed by atoms with E-state index < -0.39 is 0 Å². The maximum atomic E-state index is 5.74. The molecular formula is C25H28N2O2. The van der Waals surface area contributed by atoms with Crippen LogP contribution in [0.5, 0.6) is 11.5 Å². The largest absolute Gasteiger partial charge is 0.497 e. The zero-order valence-corrected chi connectivity index (χ0v) is 18.0. The second-order valence-electron chi connectivity index (χ2n) is 7.88. The third-order valence-corrected chi connectivity index (χ3v) is 5.75. The van der Waals surface area contributed by atoms with Crippen LogP contribution in [0.1, 0.15) is 22.6 Å². The van der Waals surface area contributed by atoms with Crippen molar-refractivity contribution < 1.29 is 9.47 Å². The van der Waals surface area contributed by atoms with Crippen LogP contribution in [0.15, 0.2) is 54.6 Å². The fraction of sp³-hybridized carbons (Fsp3) is 0.280. The molecule has 150 valence electrons. The molecule has 0 saturated heterocycles. The summed E-state index contributed by atoms with van der Waals surface area (Å²) in [5, 5.41) is 0. The molecule has 3 aromatic rings. The van der Waals surface area contributed by atoms with Gasteiger partial charge in [-0.2, -0.15) is 0 Å². The van der Waals surface area contributed by atoms with Crippen molar-refractivity contribution in [2.45, 2.75) is 5.92 Å². The van der Waals surface area contributed by atoms with E-state index >= 15 is 0 Å². The van der Waals surface area contributed by atoms with E-state index in [-0.39, 0.29) is 5.92 Å². The van der Waals surface area contributed by atoms with Crippen molar-refractivity contribution in [2.75, 3.05) is 52.2 Å². The zero-order valence-electron chi connectivity index (χ0n) is 18.0. The Morgan fingerprint density at radius 3 is 1.97 bits per heavy atom. The normalized spacial score (nSPS) is 14.2. The van der Waals surface area contributed by atoms with Crippen molar-refractivity contribution in [3.8, 4) is 22.6 Å². The molecule has 1 aliphatic rings. The minimum absolute atomic E-state index is 0.149. The van der Waals surface area contributed by atoms with E-state index in [0.717, 1.165) is 17.2 Å². The van der Waals surface area contributed by atoms with E-state index in [4.69, 9.17) is 9.47 Å². The third-order valence-electron chi connectivity index (χ3n) is 5.75. The highest BCUT2D eigenvalue weighted by Gasteiger charge is 2.32. The highest BCUT2D eigenvalue weighted by atomic mass is 16.5. The van der Waals surface area contributed by atoms with Crippen molar-refractivity contribution in [1.82, 2.24) is 0 Å². The summed E-state index contributed by atoms with van der Waals surface area (Å²) in [7, 11) is 11.7. The van der Waals surface area contributed by atoms with Crippen LogP contribution < -0.4 is 19.3 Å². The van der Waals surface area contributed by atoms with Crippen LogP contribution in [0, 0.1) is 0 Å². The Morgan fingerprint density at radius 2 is 1.38 bits per heavy atom. The van der Waals surface area contributed by atoms with Crippen molar-refractivity contribution in [3.05, 3.63) is 71.3 Å². The van der Waals surface area contributed by atoms with Gasteiger partial charge in [0, 0.05) is 39.8 Å². The molecule has 0 bridgehead atoms. The molecular weight excluding hydrogens is 360 g/mol. The minimum Gasteiger partial charge on any atom is -0.497 e. The first-order valence-electron chi connectivity index (χ1n) is 9.79. The molecule has 0 aromatic heterocycles. The fourth-order valence-corrected chi connectivity index (χ4v) is 4.21. The number of hydrogen-bond acceptors (Lipinski definition) is 4. The number of rotatable bonds is 5. The molecule has 0 N–H and O–H groups in total. The van der Waals surface area contributed by atoms with Gasteiger partial charge in [0.1, 0.15) is 11.5 Å². The summed E-state index contributed by atoms with van der Waals surface area (Å²) in [4.78, 5) is 4.22. The lowest BCUT2D eigenvalue weighted by Gasteiger charge is -2.21. The van der Waals surface area contributed by atoms with Gasteiger partial charge in [0.2, 0.25) is 0 Å². The number of nitrogens with zero attached hydrogens (tertiary/aromatic N) is 2. The van der Waals surface area contributed by atoms with Crippen LogP contribution in [0.25, 0.3) is 11.1 Å². The molecule has 0 amide bonds. The van der Waals surface area contributed by atoms with Crippen molar-refractivity contribution in [2.24, 2.45) is 0 Å². The van der Waals surface area contributed by atoms with E-state index in [0.29, 0.717) is 0 Å². The minimum atomic E-state index is 0.149. The van der Waals surface area contributed by atoms with Crippen LogP contribution in [-0.2, 0) is 0 Å². The molecule has 1 aliphatic carbocycles. The van der Waals surface area contributed by atoms with Crippen LogP contribution >= 0.6 is 0 Å². The van der Waals surface area contributed by atoms with Gasteiger partial charge in [0.05, 0.1) is 19.9 Å². The summed E-state index contributed by atoms with van der Waals surface area (Å²) in [6.45, 7) is 0. The first kappa shape index (κ1) is 19.2. The van der Waals surface area contributed by atoms with Crippen molar-refractivity contribution in [1.29, 1.82) is 0 Å². The number of benzene rings is 3. The third kappa shape index (κ3) is 3.19. The Balaban J connectivity index is 1.94. The van der Waals surface area contributed by atoms with Crippen LogP contribution in [-0.4, -0.2) is 42.4 Å². The van der Waals surface area contributed by atoms with Crippen LogP contribution in [0.4, 0.5) is 11.4 Å². The molecule has 0 saturated carbocycles. The molecule has 0 spiro atoms. The predicted octanol–water partition coefficient (Wildman–Crippen LogP) is 5.00. The second-order valence-corrected chi connectivity index (χ2v) is 7.88. The first-order chi connectivity index (χ1) is 13.9. The molecule has 4 nitrogen and oxygen atoms in total. The van der Waals surface area contributed by atoms with Crippen LogP contribution in [0.3, 0.4) is 0 Å². The monoisotopic (exact) mass is 388 g/mol. The molecule has 0 fully saturated rings. The van der Waals surface area contributed by atoms with Gasteiger partial charge in [0.25, 0.3) is 0 Å². The van der Waals surface area contributed by atoms with Gasteiger partial charge < -0.3 is 19.3 Å². The van der Waals surface area contributed by atoms with Gasteiger partial charge in [-0.15, -0.1) is 0 Å². The van der Waals surface area contributed by atoms with Gasteiger partial charge in [-0.25, -0.2) is 0 Å². The molecule has 1 unspecified atom stereocenters. The van der Waals surface area contributed by atoms with E-state index in [1.807, 2.05) is 20.2 Å². The lowest BCUT2D eigenvalue weighted by Crippen LogP contribution is -2.11. The highest BCUT2D eigenvalue weighted by Crippen LogP contribution is 2.52. The molecule has 4 rings (SSSR count). The van der Waals surface area contributed by atoms with Gasteiger partial charge in [-0.1, -0.05) is 18.2 Å². The van der Waals surface area contributed by atoms with E-state index in [9.17, 15) is 0 Å². The first-order valence-corrected chi connectivity index (χ1v) is 9.79. The number of fused-ring (bicyclic) bond motifs is 3. The number of ether oxygens (including phenoxy) is 2. The summed E-state index contributed by atoms with van der Waals surface area (Å²) in [5.74, 6) is 1.92. The molecule has 0 aliphatic heterocycles. The summed E-state index contributed by atoms with van der Waals surface area (Å²) < 4.78 is 11.3. The Hall–Kier alpha value is -3.14. The predicted molar refractivity (Wildman–Crippen MR) is 121 cm³/mol. The van der Waals surface area contributed by atoms with Gasteiger partial charge in [0.15, 0.2) is 0 Å². The summed E-state index contributed by atoms with van der Waals surface area (Å²) >= 11 is 0. The standard InChI is InChI=1S/C25H28N2O2/c1-26(2)17-9-7-16(8-10-17)25-21-13-18(28-5)11-12-19(21)20-14-23(27(3)4)24(29-6)15-22(20)25/h7-15,25H,1-6H3. The molecule has 4 heteroatoms. The molecule has 0 heterocycles. The Kier molecular flexibility index (Phi) is 4.87. The summed E-state index contributed by atoms with van der Waals surface area (Å²) in [5.41, 5.74) is 8.60. The Bertz CT molecular complexity index is 1040. The smallest absolute Gasteiger partial charge is 0.142 e. The van der Waals surface area contributed by atoms with Crippen LogP contribution in [0.2, 0.25) is 0 Å². The molecule has 1 atom stereocenters. The number of methoxy groups -OCH3 is 2. The van der Waals surface area contributed by atoms with E-state index in [2.05, 4.69) is 72.4 Å². The van der Waals surface area contributed by atoms with Gasteiger partial charge >= 0.3 is 0 Å². The highest BCUT2D eigenvalue weighted by molar-refractivity contribution is 5.85. The second kappa shape index (κ2) is 7.36. The maximum Gasteiger partial charge on any atom is 0.142 e. The topological polar surface area (TPSA) is 24.9 Å². The van der Waals surface area contributed by atoms with E-state index in [1.54, 1.807) is 14.2 Å². The lowest BCUT2D eigenvalue weighted by molar-refractivity contribution is 0.414. The van der Waals surface area contributed by atoms with E-state index in [1.165, 1.54) is 33.5 Å². The SMILES string of the molecule is COc1ccc2c(c1)C(c1ccc(N(C)C)cc1)c1cc(OC)c(N(C)C)cc1-2. The molecule has 0 radical (unpaired) electrons. The van der Waals surface area contributed by atoms with Crippen molar-refractivity contribution >= 4 is 11.4 Å². The zero-order chi connectivity index (χ0) is 20.7. The number of anilines is 2. The Labute approximate surface area is 173 Å².